The Balaban J connectivity index is 1.04. The number of rotatable bonds is 15. The van der Waals surface area contributed by atoms with Crippen LogP contribution in [0.1, 0.15) is 54.7 Å². The number of aliphatic imine (C=N–C) groups is 2. The van der Waals surface area contributed by atoms with Gasteiger partial charge in [-0.1, -0.05) is 18.2 Å². The molecule has 2 amide bonds. The zero-order valence-electron chi connectivity index (χ0n) is 32.6. The molecule has 0 unspecified atom stereocenters. The SMILES string of the molecule is C=N/C(=C(\C=NC1CCN(S(=O)(=O)c2cccc(CN3CCC(c4ccc5c(NC(=O)CCNC=O)nn(C)c5c4)CC3)c2)CC1)C(F)(F)F)c1cnn(CC(F)(F)F)c1. The van der Waals surface area contributed by atoms with E-state index >= 15 is 0 Å². The van der Waals surface area contributed by atoms with Crippen LogP contribution < -0.4 is 10.6 Å². The lowest BCUT2D eigenvalue weighted by atomic mass is 9.89. The van der Waals surface area contributed by atoms with Crippen LogP contribution in [-0.2, 0) is 39.7 Å². The molecule has 60 heavy (non-hydrogen) atoms. The van der Waals surface area contributed by atoms with E-state index in [1.54, 1.807) is 16.8 Å². The number of aryl methyl sites for hydroxylation is 1. The molecule has 322 valence electrons. The van der Waals surface area contributed by atoms with E-state index in [0.717, 1.165) is 60.4 Å². The van der Waals surface area contributed by atoms with Crippen LogP contribution in [0.25, 0.3) is 16.6 Å². The highest BCUT2D eigenvalue weighted by Gasteiger charge is 2.37. The van der Waals surface area contributed by atoms with Gasteiger partial charge in [0.05, 0.1) is 33.9 Å². The Morgan fingerprint density at radius 1 is 1.02 bits per heavy atom. The molecule has 2 aliphatic rings. The van der Waals surface area contributed by atoms with Crippen LogP contribution in [0.15, 0.2) is 75.3 Å². The highest BCUT2D eigenvalue weighted by Crippen LogP contribution is 2.35. The van der Waals surface area contributed by atoms with E-state index < -0.39 is 46.2 Å². The normalized spacial score (nSPS) is 17.2. The number of anilines is 1. The number of amides is 2. The van der Waals surface area contributed by atoms with Gasteiger partial charge in [0.2, 0.25) is 22.3 Å². The second-order valence-corrected chi connectivity index (χ2v) is 16.6. The molecule has 2 saturated heterocycles. The number of nitrogens with one attached hydrogen (secondary N) is 2. The van der Waals surface area contributed by atoms with Gasteiger partial charge in [-0.25, -0.2) is 8.42 Å². The molecular weight excluding hydrogens is 819 g/mol. The third-order valence-electron chi connectivity index (χ3n) is 10.5. The molecule has 14 nitrogen and oxygen atoms in total. The zero-order valence-corrected chi connectivity index (χ0v) is 33.4. The Kier molecular flexibility index (Phi) is 13.6. The first-order valence-electron chi connectivity index (χ1n) is 19.1. The summed E-state index contributed by atoms with van der Waals surface area (Å²) < 4.78 is 112. The number of likely N-dealkylation sites (tertiary alicyclic amines) is 1. The summed E-state index contributed by atoms with van der Waals surface area (Å²) in [7, 11) is -2.12. The number of nitrogens with zero attached hydrogens (tertiary/aromatic N) is 8. The van der Waals surface area contributed by atoms with Gasteiger partial charge in [-0.3, -0.25) is 33.8 Å². The minimum absolute atomic E-state index is 0.0185. The molecule has 2 aromatic heterocycles. The van der Waals surface area contributed by atoms with Gasteiger partial charge in [0.1, 0.15) is 6.54 Å². The Labute approximate surface area is 342 Å². The van der Waals surface area contributed by atoms with Crippen molar-refractivity contribution >= 4 is 57.7 Å². The largest absolute Gasteiger partial charge is 0.419 e. The van der Waals surface area contributed by atoms with E-state index in [0.29, 0.717) is 35.6 Å². The predicted molar refractivity (Wildman–Crippen MR) is 213 cm³/mol. The number of halogens is 6. The number of allylic oxidation sites excluding steroid dienone is 1. The standard InChI is InChI=1S/C39H44F6N10O4S/c1-46-36(29-20-49-54(23-29)24-38(40,41)42)33(39(43,44)45)21-48-30-11-16-55(17-12-30)60(58,59)31-5-3-4-26(18-31)22-53-14-9-27(10-15-53)28-6-7-32-34(19-28)52(2)51-37(32)50-35(57)8-13-47-25-56/h3-7,18-21,23,25,27,30H,1,8-17,22,24H2,2H3,(H,47,56)(H,50,51,57)/b36-33+,48-21?. The second-order valence-electron chi connectivity index (χ2n) is 14.7. The van der Waals surface area contributed by atoms with Crippen molar-refractivity contribution in [1.29, 1.82) is 0 Å². The number of hydrogen-bond acceptors (Lipinski definition) is 9. The van der Waals surface area contributed by atoms with E-state index in [-0.39, 0.29) is 55.3 Å². The quantitative estimate of drug-likeness (QED) is 0.0674. The summed E-state index contributed by atoms with van der Waals surface area (Å²) in [4.78, 5) is 32.7. The smallest absolute Gasteiger partial charge is 0.358 e. The molecular formula is C39H44F6N10O4S. The number of sulfonamides is 1. The van der Waals surface area contributed by atoms with E-state index in [4.69, 9.17) is 0 Å². The average Bonchev–Trinajstić information content (AvgIpc) is 3.78. The first-order chi connectivity index (χ1) is 28.4. The van der Waals surface area contributed by atoms with E-state index in [9.17, 15) is 44.3 Å². The van der Waals surface area contributed by atoms with Crippen LogP contribution in [0.3, 0.4) is 0 Å². The van der Waals surface area contributed by atoms with Gasteiger partial charge in [-0.05, 0) is 86.8 Å². The maximum atomic E-state index is 14.1. The fraction of sp³-hybridized carbons (Fsp3) is 0.436. The fourth-order valence-corrected chi connectivity index (χ4v) is 9.00. The monoisotopic (exact) mass is 862 g/mol. The average molecular weight is 863 g/mol. The van der Waals surface area contributed by atoms with Gasteiger partial charge in [0.15, 0.2) is 5.82 Å². The lowest BCUT2D eigenvalue weighted by Gasteiger charge is -2.32. The predicted octanol–water partition coefficient (Wildman–Crippen LogP) is 5.68. The van der Waals surface area contributed by atoms with Crippen LogP contribution >= 0.6 is 0 Å². The third-order valence-corrected chi connectivity index (χ3v) is 12.4. The maximum absolute atomic E-state index is 14.1. The lowest BCUT2D eigenvalue weighted by Crippen LogP contribution is -2.39. The number of carbonyl (C=O) groups excluding carboxylic acids is 2. The molecule has 2 N–H and O–H groups in total. The molecule has 0 atom stereocenters. The molecule has 2 aliphatic heterocycles. The van der Waals surface area contributed by atoms with Gasteiger partial charge in [0, 0.05) is 63.0 Å². The van der Waals surface area contributed by atoms with E-state index in [1.807, 2.05) is 19.2 Å². The van der Waals surface area contributed by atoms with Crippen LogP contribution in [-0.4, -0.2) is 114 Å². The molecule has 0 bridgehead atoms. The van der Waals surface area contributed by atoms with Crippen LogP contribution in [0.4, 0.5) is 32.2 Å². The molecule has 2 fully saturated rings. The van der Waals surface area contributed by atoms with Crippen molar-refractivity contribution in [1.82, 2.24) is 34.1 Å². The fourth-order valence-electron chi connectivity index (χ4n) is 7.46. The number of benzene rings is 2. The second kappa shape index (κ2) is 18.5. The topological polar surface area (TPSA) is 159 Å². The first-order valence-corrected chi connectivity index (χ1v) is 20.5. The van der Waals surface area contributed by atoms with E-state index in [1.165, 1.54) is 10.4 Å². The van der Waals surface area contributed by atoms with Crippen molar-refractivity contribution in [3.05, 3.63) is 77.1 Å². The number of hydrogen-bond donors (Lipinski definition) is 2. The Morgan fingerprint density at radius 2 is 1.75 bits per heavy atom. The summed E-state index contributed by atoms with van der Waals surface area (Å²) in [6.45, 7) is 4.05. The summed E-state index contributed by atoms with van der Waals surface area (Å²) >= 11 is 0. The lowest BCUT2D eigenvalue weighted by molar-refractivity contribution is -0.142. The Hall–Kier alpha value is -5.41. The van der Waals surface area contributed by atoms with Crippen molar-refractivity contribution in [2.24, 2.45) is 17.0 Å². The van der Waals surface area contributed by atoms with Crippen molar-refractivity contribution in [3.63, 3.8) is 0 Å². The highest BCUT2D eigenvalue weighted by atomic mass is 32.2. The van der Waals surface area contributed by atoms with Gasteiger partial charge in [-0.2, -0.15) is 40.8 Å². The van der Waals surface area contributed by atoms with Crippen molar-refractivity contribution in [2.45, 2.75) is 74.4 Å². The molecule has 0 radical (unpaired) electrons. The molecule has 2 aromatic carbocycles. The van der Waals surface area contributed by atoms with Crippen LogP contribution in [0, 0.1) is 0 Å². The molecule has 0 spiro atoms. The summed E-state index contributed by atoms with van der Waals surface area (Å²) in [6.07, 6.45) is -4.69. The highest BCUT2D eigenvalue weighted by molar-refractivity contribution is 7.89. The number of aromatic nitrogens is 4. The summed E-state index contributed by atoms with van der Waals surface area (Å²) in [6, 6.07) is 12.2. The van der Waals surface area contributed by atoms with Crippen LogP contribution in [0.2, 0.25) is 0 Å². The zero-order chi connectivity index (χ0) is 43.2. The number of carbonyl (C=O) groups is 2. The Morgan fingerprint density at radius 3 is 2.42 bits per heavy atom. The summed E-state index contributed by atoms with van der Waals surface area (Å²) in [5, 5.41) is 14.1. The number of alkyl halides is 6. The minimum atomic E-state index is -4.97. The Bertz CT molecular complexity index is 2360. The minimum Gasteiger partial charge on any atom is -0.358 e. The van der Waals surface area contributed by atoms with Crippen molar-refractivity contribution in [3.8, 4) is 0 Å². The van der Waals surface area contributed by atoms with Crippen LogP contribution in [0.5, 0.6) is 0 Å². The summed E-state index contributed by atoms with van der Waals surface area (Å²) in [5.41, 5.74) is 0.506. The molecule has 0 saturated carbocycles. The molecule has 0 aliphatic carbocycles. The van der Waals surface area contributed by atoms with Gasteiger partial charge in [0.25, 0.3) is 0 Å². The van der Waals surface area contributed by atoms with E-state index in [2.05, 4.69) is 54.6 Å². The van der Waals surface area contributed by atoms with Gasteiger partial charge >= 0.3 is 12.4 Å². The third kappa shape index (κ3) is 10.8. The maximum Gasteiger partial charge on any atom is 0.419 e. The molecule has 21 heteroatoms. The van der Waals surface area contributed by atoms with Gasteiger partial charge < -0.3 is 10.6 Å². The number of fused-ring (bicyclic) bond motifs is 1. The van der Waals surface area contributed by atoms with Gasteiger partial charge in [-0.15, -0.1) is 0 Å². The molecule has 6 rings (SSSR count). The van der Waals surface area contributed by atoms with Crippen molar-refractivity contribution in [2.75, 3.05) is 38.0 Å². The molecule has 4 heterocycles. The number of piperidine rings is 2. The van der Waals surface area contributed by atoms with Crippen molar-refractivity contribution < 1.29 is 44.3 Å². The molecule has 4 aromatic rings. The summed E-state index contributed by atoms with van der Waals surface area (Å²) in [5.74, 6) is 0.494. The first kappa shape index (κ1) is 44.2.